The molecule has 0 aromatic carbocycles. The van der Waals surface area contributed by atoms with E-state index < -0.39 is 0 Å². The van der Waals surface area contributed by atoms with Gasteiger partial charge in [-0.1, -0.05) is 32.6 Å². The highest BCUT2D eigenvalue weighted by Gasteiger charge is 2.27. The van der Waals surface area contributed by atoms with E-state index in [4.69, 9.17) is 5.84 Å². The van der Waals surface area contributed by atoms with Crippen LogP contribution in [0.15, 0.2) is 0 Å². The molecule has 3 heteroatoms. The van der Waals surface area contributed by atoms with Crippen molar-refractivity contribution < 1.29 is 0 Å². The molecule has 2 nitrogen and oxygen atoms in total. The summed E-state index contributed by atoms with van der Waals surface area (Å²) in [5.74, 6) is 8.71. The summed E-state index contributed by atoms with van der Waals surface area (Å²) in [7, 11) is 0. The van der Waals surface area contributed by atoms with Gasteiger partial charge >= 0.3 is 0 Å². The zero-order valence-electron chi connectivity index (χ0n) is 11.2. The first-order valence-corrected chi connectivity index (χ1v) is 8.42. The lowest BCUT2D eigenvalue weighted by molar-refractivity contribution is 0.235. The summed E-state index contributed by atoms with van der Waals surface area (Å²) < 4.78 is 0. The minimum absolute atomic E-state index is 0.545. The first-order valence-electron chi connectivity index (χ1n) is 7.37. The van der Waals surface area contributed by atoms with Crippen molar-refractivity contribution in [2.24, 2.45) is 17.7 Å². The molecule has 2 rings (SSSR count). The summed E-state index contributed by atoms with van der Waals surface area (Å²) in [5, 5.41) is 0.923. The van der Waals surface area contributed by atoms with E-state index in [1.807, 2.05) is 0 Å². The van der Waals surface area contributed by atoms with E-state index in [-0.39, 0.29) is 0 Å². The molecule has 100 valence electrons. The van der Waals surface area contributed by atoms with E-state index in [1.54, 1.807) is 0 Å². The van der Waals surface area contributed by atoms with Crippen LogP contribution in [-0.4, -0.2) is 17.0 Å². The Morgan fingerprint density at radius 1 is 1.18 bits per heavy atom. The van der Waals surface area contributed by atoms with Gasteiger partial charge in [0.1, 0.15) is 0 Å². The van der Waals surface area contributed by atoms with Crippen molar-refractivity contribution in [3.8, 4) is 0 Å². The van der Waals surface area contributed by atoms with Crippen molar-refractivity contribution >= 4 is 11.8 Å². The van der Waals surface area contributed by atoms with Gasteiger partial charge in [-0.25, -0.2) is 0 Å². The number of nitrogens with two attached hydrogens (primary N) is 1. The van der Waals surface area contributed by atoms with Gasteiger partial charge in [0, 0.05) is 17.0 Å². The first kappa shape index (κ1) is 13.7. The number of rotatable bonds is 5. The van der Waals surface area contributed by atoms with Crippen LogP contribution in [0.25, 0.3) is 0 Å². The molecule has 3 atom stereocenters. The molecular formula is C14H28N2S. The third-order valence-corrected chi connectivity index (χ3v) is 6.07. The molecule has 0 amide bonds. The van der Waals surface area contributed by atoms with E-state index in [0.717, 1.165) is 17.1 Å². The molecule has 0 saturated heterocycles. The van der Waals surface area contributed by atoms with E-state index >= 15 is 0 Å². The van der Waals surface area contributed by atoms with E-state index in [9.17, 15) is 0 Å². The second-order valence-electron chi connectivity index (χ2n) is 6.04. The fraction of sp³-hybridized carbons (Fsp3) is 1.00. The summed E-state index contributed by atoms with van der Waals surface area (Å²) in [6, 6.07) is 0.545. The minimum atomic E-state index is 0.545. The quantitative estimate of drug-likeness (QED) is 0.585. The van der Waals surface area contributed by atoms with Gasteiger partial charge in [0.25, 0.3) is 0 Å². The fourth-order valence-electron chi connectivity index (χ4n) is 3.46. The Hall–Kier alpha value is 0.270. The maximum Gasteiger partial charge on any atom is 0.0329 e. The molecule has 0 radical (unpaired) electrons. The number of hydrazine groups is 1. The highest BCUT2D eigenvalue weighted by molar-refractivity contribution is 7.99. The van der Waals surface area contributed by atoms with Crippen molar-refractivity contribution in [2.75, 3.05) is 5.75 Å². The molecule has 0 heterocycles. The van der Waals surface area contributed by atoms with Gasteiger partial charge in [0.05, 0.1) is 0 Å². The molecule has 2 fully saturated rings. The summed E-state index contributed by atoms with van der Waals surface area (Å²) in [5.41, 5.74) is 3.10. The van der Waals surface area contributed by atoms with Crippen molar-refractivity contribution in [3.63, 3.8) is 0 Å². The molecule has 2 aliphatic rings. The maximum absolute atomic E-state index is 5.77. The van der Waals surface area contributed by atoms with Gasteiger partial charge in [-0.2, -0.15) is 11.8 Å². The fourth-order valence-corrected chi connectivity index (χ4v) is 4.98. The lowest BCUT2D eigenvalue weighted by Gasteiger charge is -2.33. The van der Waals surface area contributed by atoms with Crippen LogP contribution in [0.5, 0.6) is 0 Å². The molecule has 0 spiro atoms. The van der Waals surface area contributed by atoms with Crippen LogP contribution in [0.4, 0.5) is 0 Å². The van der Waals surface area contributed by atoms with Gasteiger partial charge in [0.2, 0.25) is 0 Å². The second kappa shape index (κ2) is 7.01. The van der Waals surface area contributed by atoms with Gasteiger partial charge < -0.3 is 0 Å². The Bertz CT molecular complexity index is 216. The van der Waals surface area contributed by atoms with Gasteiger partial charge in [-0.15, -0.1) is 0 Å². The summed E-state index contributed by atoms with van der Waals surface area (Å²) in [6.07, 6.45) is 11.3. The number of hydrogen-bond acceptors (Lipinski definition) is 3. The zero-order valence-corrected chi connectivity index (χ0v) is 12.0. The van der Waals surface area contributed by atoms with E-state index in [1.165, 1.54) is 57.1 Å². The average Bonchev–Trinajstić information content (AvgIpc) is 2.83. The van der Waals surface area contributed by atoms with Crippen LogP contribution in [0.1, 0.15) is 58.3 Å². The molecule has 0 aliphatic heterocycles. The van der Waals surface area contributed by atoms with Crippen LogP contribution in [0, 0.1) is 11.8 Å². The topological polar surface area (TPSA) is 38.0 Å². The Kier molecular flexibility index (Phi) is 5.64. The van der Waals surface area contributed by atoms with Gasteiger partial charge in [0.15, 0.2) is 0 Å². The Morgan fingerprint density at radius 2 is 1.94 bits per heavy atom. The first-order chi connectivity index (χ1) is 8.29. The normalized spacial score (nSPS) is 32.8. The maximum atomic E-state index is 5.77. The van der Waals surface area contributed by atoms with Crippen molar-refractivity contribution in [1.29, 1.82) is 0 Å². The number of thioether (sulfide) groups is 1. The van der Waals surface area contributed by atoms with Crippen LogP contribution in [0.3, 0.4) is 0 Å². The van der Waals surface area contributed by atoms with Crippen LogP contribution < -0.4 is 11.3 Å². The molecular weight excluding hydrogens is 228 g/mol. The molecule has 3 unspecified atom stereocenters. The van der Waals surface area contributed by atoms with E-state index in [2.05, 4.69) is 24.1 Å². The number of hydrogen-bond donors (Lipinski definition) is 2. The molecule has 3 N–H and O–H groups in total. The van der Waals surface area contributed by atoms with Gasteiger partial charge in [-0.05, 0) is 37.5 Å². The smallest absolute Gasteiger partial charge is 0.0329 e. The predicted molar refractivity (Wildman–Crippen MR) is 76.9 cm³/mol. The van der Waals surface area contributed by atoms with Crippen LogP contribution >= 0.6 is 11.8 Å². The largest absolute Gasteiger partial charge is 0.271 e. The molecule has 0 bridgehead atoms. The Labute approximate surface area is 110 Å². The molecule has 17 heavy (non-hydrogen) atoms. The monoisotopic (exact) mass is 256 g/mol. The van der Waals surface area contributed by atoms with Crippen LogP contribution in [-0.2, 0) is 0 Å². The standard InChI is InChI=1S/C14H28N2S/c1-11-5-4-6-12(9-11)14(16-15)10-17-13-7-2-3-8-13/h11-14,16H,2-10,15H2,1H3. The second-order valence-corrected chi connectivity index (χ2v) is 7.38. The summed E-state index contributed by atoms with van der Waals surface area (Å²) in [4.78, 5) is 0. The SMILES string of the molecule is CC1CCCC(C(CSC2CCCC2)NN)C1. The lowest BCUT2D eigenvalue weighted by Crippen LogP contribution is -2.44. The molecule has 0 aromatic heterocycles. The lowest BCUT2D eigenvalue weighted by atomic mass is 9.79. The third kappa shape index (κ3) is 4.15. The van der Waals surface area contributed by atoms with Crippen molar-refractivity contribution in [2.45, 2.75) is 69.6 Å². The van der Waals surface area contributed by atoms with Crippen LogP contribution in [0.2, 0.25) is 0 Å². The predicted octanol–water partition coefficient (Wildman–Crippen LogP) is 3.32. The highest BCUT2D eigenvalue weighted by atomic mass is 32.2. The Balaban J connectivity index is 1.74. The average molecular weight is 256 g/mol. The molecule has 2 aliphatic carbocycles. The van der Waals surface area contributed by atoms with E-state index in [0.29, 0.717) is 6.04 Å². The minimum Gasteiger partial charge on any atom is -0.271 e. The highest BCUT2D eigenvalue weighted by Crippen LogP contribution is 2.34. The van der Waals surface area contributed by atoms with Gasteiger partial charge in [-0.3, -0.25) is 11.3 Å². The molecule has 2 saturated carbocycles. The summed E-state index contributed by atoms with van der Waals surface area (Å²) in [6.45, 7) is 2.39. The number of nitrogens with one attached hydrogen (secondary N) is 1. The van der Waals surface area contributed by atoms with Crippen molar-refractivity contribution in [3.05, 3.63) is 0 Å². The third-order valence-electron chi connectivity index (χ3n) is 4.57. The Morgan fingerprint density at radius 3 is 2.59 bits per heavy atom. The summed E-state index contributed by atoms with van der Waals surface area (Å²) >= 11 is 2.17. The van der Waals surface area contributed by atoms with Crippen molar-refractivity contribution in [1.82, 2.24) is 5.43 Å². The molecule has 0 aromatic rings. The zero-order chi connectivity index (χ0) is 12.1.